The molecule has 1 heterocycles. The zero-order valence-electron chi connectivity index (χ0n) is 13.1. The highest BCUT2D eigenvalue weighted by atomic mass is 79.9. The van der Waals surface area contributed by atoms with Crippen molar-refractivity contribution < 1.29 is 32.3 Å². The predicted octanol–water partition coefficient (Wildman–Crippen LogP) is 5.28. The first-order chi connectivity index (χ1) is 12.5. The quantitative estimate of drug-likeness (QED) is 0.444. The Morgan fingerprint density at radius 3 is 2.37 bits per heavy atom. The molecular formula is C16H10BrF3NO4PS. The minimum Gasteiger partial charge on any atom is -0.322 e. The first-order valence-electron chi connectivity index (χ1n) is 7.23. The van der Waals surface area contributed by atoms with Crippen molar-refractivity contribution in [3.63, 3.8) is 0 Å². The largest absolute Gasteiger partial charge is 0.400 e. The summed E-state index contributed by atoms with van der Waals surface area (Å²) in [7, 11) is -5.72. The Labute approximate surface area is 163 Å². The molecule has 3 aromatic rings. The maximum absolute atomic E-state index is 14.0. The molecule has 1 aromatic heterocycles. The van der Waals surface area contributed by atoms with Crippen molar-refractivity contribution in [3.8, 4) is 0 Å². The number of halogens is 4. The molecule has 142 valence electrons. The second-order valence-electron chi connectivity index (χ2n) is 5.50. The highest BCUT2D eigenvalue weighted by molar-refractivity contribution is 9.10. The van der Waals surface area contributed by atoms with Crippen LogP contribution in [0, 0.1) is 5.82 Å². The molecule has 0 unspecified atom stereocenters. The lowest BCUT2D eigenvalue weighted by molar-refractivity contribution is 0.0595. The van der Waals surface area contributed by atoms with Crippen molar-refractivity contribution in [2.45, 2.75) is 5.66 Å². The van der Waals surface area contributed by atoms with E-state index in [2.05, 4.69) is 21.2 Å². The number of amides is 1. The zero-order valence-corrected chi connectivity index (χ0v) is 16.4. The fraction of sp³-hybridized carbons (Fsp3) is 0.0625. The van der Waals surface area contributed by atoms with E-state index in [1.807, 2.05) is 0 Å². The highest BCUT2D eigenvalue weighted by Gasteiger charge is 2.53. The van der Waals surface area contributed by atoms with E-state index < -0.39 is 29.9 Å². The van der Waals surface area contributed by atoms with E-state index in [0.29, 0.717) is 21.7 Å². The monoisotopic (exact) mass is 479 g/mol. The normalized spacial score (nSPS) is 12.4. The molecule has 3 N–H and O–H groups in total. The van der Waals surface area contributed by atoms with Crippen LogP contribution >= 0.6 is 34.9 Å². The molecule has 0 saturated carbocycles. The van der Waals surface area contributed by atoms with E-state index in [4.69, 9.17) is 9.79 Å². The van der Waals surface area contributed by atoms with Gasteiger partial charge in [0.2, 0.25) is 0 Å². The summed E-state index contributed by atoms with van der Waals surface area (Å²) in [5, 5.41) is 2.76. The third-order valence-corrected chi connectivity index (χ3v) is 7.06. The van der Waals surface area contributed by atoms with Gasteiger partial charge in [-0.2, -0.15) is 8.78 Å². The summed E-state index contributed by atoms with van der Waals surface area (Å²) in [4.78, 5) is 29.4. The molecule has 0 saturated heterocycles. The van der Waals surface area contributed by atoms with Gasteiger partial charge in [-0.15, -0.1) is 11.3 Å². The van der Waals surface area contributed by atoms with Gasteiger partial charge >= 0.3 is 13.3 Å². The molecule has 0 spiro atoms. The first kappa shape index (κ1) is 20.0. The van der Waals surface area contributed by atoms with Crippen LogP contribution in [0.5, 0.6) is 0 Å². The maximum Gasteiger partial charge on any atom is 0.400 e. The van der Waals surface area contributed by atoms with Crippen LogP contribution in [-0.4, -0.2) is 15.7 Å². The summed E-state index contributed by atoms with van der Waals surface area (Å²) in [6.07, 6.45) is 0. The van der Waals surface area contributed by atoms with Gasteiger partial charge in [-0.1, -0.05) is 0 Å². The molecule has 3 rings (SSSR count). The third kappa shape index (κ3) is 3.81. The summed E-state index contributed by atoms with van der Waals surface area (Å²) in [6.45, 7) is 0. The van der Waals surface area contributed by atoms with E-state index in [1.54, 1.807) is 0 Å². The van der Waals surface area contributed by atoms with Crippen molar-refractivity contribution in [1.29, 1.82) is 0 Å². The molecule has 27 heavy (non-hydrogen) atoms. The molecule has 0 fully saturated rings. The van der Waals surface area contributed by atoms with Crippen LogP contribution < -0.4 is 5.32 Å². The molecule has 1 amide bonds. The molecule has 0 aliphatic heterocycles. The van der Waals surface area contributed by atoms with E-state index in [9.17, 15) is 22.5 Å². The lowest BCUT2D eigenvalue weighted by atomic mass is 10.1. The number of hydrogen-bond acceptors (Lipinski definition) is 3. The molecule has 0 bridgehead atoms. The summed E-state index contributed by atoms with van der Waals surface area (Å²) >= 11 is 3.47. The van der Waals surface area contributed by atoms with Crippen molar-refractivity contribution in [1.82, 2.24) is 0 Å². The van der Waals surface area contributed by atoms with Gasteiger partial charge in [0, 0.05) is 25.8 Å². The van der Waals surface area contributed by atoms with E-state index in [0.717, 1.165) is 0 Å². The van der Waals surface area contributed by atoms with Crippen LogP contribution in [0.2, 0.25) is 0 Å². The van der Waals surface area contributed by atoms with Crippen molar-refractivity contribution in [2.24, 2.45) is 0 Å². The van der Waals surface area contributed by atoms with Crippen molar-refractivity contribution in [2.75, 3.05) is 5.32 Å². The number of alkyl halides is 2. The van der Waals surface area contributed by atoms with Gasteiger partial charge in [0.1, 0.15) is 10.7 Å². The number of thiophene rings is 1. The van der Waals surface area contributed by atoms with Gasteiger partial charge in [-0.25, -0.2) is 4.39 Å². The average Bonchev–Trinajstić information content (AvgIpc) is 2.93. The van der Waals surface area contributed by atoms with Crippen LogP contribution in [0.25, 0.3) is 10.1 Å². The zero-order chi connectivity index (χ0) is 20.0. The van der Waals surface area contributed by atoms with Crippen molar-refractivity contribution >= 4 is 56.5 Å². The third-order valence-electron chi connectivity index (χ3n) is 3.63. The van der Waals surface area contributed by atoms with E-state index in [-0.39, 0.29) is 15.4 Å². The second kappa shape index (κ2) is 7.03. The fourth-order valence-electron chi connectivity index (χ4n) is 2.27. The van der Waals surface area contributed by atoms with Gasteiger partial charge in [0.05, 0.1) is 0 Å². The molecule has 2 aromatic carbocycles. The summed E-state index contributed by atoms with van der Waals surface area (Å²) in [6, 6.07) is 9.20. The summed E-state index contributed by atoms with van der Waals surface area (Å²) in [5.41, 5.74) is -3.87. The lowest BCUT2D eigenvalue weighted by Crippen LogP contribution is -2.12. The standard InChI is InChI=1S/C16H10BrF3NO4PS/c17-13-11-7-8(15(22)21-10-4-2-9(18)3-5-10)1-6-12(11)27-14(13)16(19,20)26(23,24)25/h1-7H,(H,21,22)(H2,23,24,25). The molecule has 0 aliphatic rings. The van der Waals surface area contributed by atoms with Gasteiger partial charge < -0.3 is 15.1 Å². The second-order valence-corrected chi connectivity index (χ2v) is 9.00. The maximum atomic E-state index is 14.0. The molecule has 0 atom stereocenters. The molecule has 0 aliphatic carbocycles. The Bertz CT molecular complexity index is 1080. The summed E-state index contributed by atoms with van der Waals surface area (Å²) < 4.78 is 52.3. The Balaban J connectivity index is 1.98. The van der Waals surface area contributed by atoms with Crippen LogP contribution in [0.3, 0.4) is 0 Å². The van der Waals surface area contributed by atoms with Crippen LogP contribution in [-0.2, 0) is 10.2 Å². The van der Waals surface area contributed by atoms with Crippen LogP contribution in [0.4, 0.5) is 18.9 Å². The van der Waals surface area contributed by atoms with Gasteiger partial charge in [-0.05, 0) is 58.4 Å². The van der Waals surface area contributed by atoms with Gasteiger partial charge in [0.15, 0.2) is 0 Å². The molecular weight excluding hydrogens is 470 g/mol. The number of hydrogen-bond donors (Lipinski definition) is 3. The summed E-state index contributed by atoms with van der Waals surface area (Å²) in [5.74, 6) is -1.01. The SMILES string of the molecule is O=C(Nc1ccc(F)cc1)c1ccc2sc(C(F)(F)P(=O)(O)O)c(Br)c2c1. The molecule has 11 heteroatoms. The number of fused-ring (bicyclic) bond motifs is 1. The van der Waals surface area contributed by atoms with Gasteiger partial charge in [-0.3, -0.25) is 9.36 Å². The average molecular weight is 480 g/mol. The Morgan fingerprint density at radius 1 is 1.15 bits per heavy atom. The number of benzene rings is 2. The number of carbonyl (C=O) groups excluding carboxylic acids is 1. The Hall–Kier alpha value is -1.71. The van der Waals surface area contributed by atoms with E-state index >= 15 is 0 Å². The Morgan fingerprint density at radius 2 is 1.78 bits per heavy atom. The Kier molecular flexibility index (Phi) is 5.22. The number of anilines is 1. The number of carbonyl (C=O) groups is 1. The fourth-order valence-corrected chi connectivity index (χ4v) is 5.19. The minimum absolute atomic E-state index is 0.136. The molecule has 0 radical (unpaired) electrons. The number of nitrogens with one attached hydrogen (secondary N) is 1. The van der Waals surface area contributed by atoms with Gasteiger partial charge in [0.25, 0.3) is 5.91 Å². The minimum atomic E-state index is -5.72. The van der Waals surface area contributed by atoms with E-state index in [1.165, 1.54) is 42.5 Å². The molecule has 5 nitrogen and oxygen atoms in total. The topological polar surface area (TPSA) is 86.6 Å². The first-order valence-corrected chi connectivity index (χ1v) is 10.5. The van der Waals surface area contributed by atoms with Crippen molar-refractivity contribution in [3.05, 3.63) is 63.2 Å². The smallest absolute Gasteiger partial charge is 0.322 e. The number of rotatable bonds is 4. The lowest BCUT2D eigenvalue weighted by Gasteiger charge is -2.16. The highest BCUT2D eigenvalue weighted by Crippen LogP contribution is 2.62. The predicted molar refractivity (Wildman–Crippen MR) is 99.8 cm³/mol. The van der Waals surface area contributed by atoms with Crippen LogP contribution in [0.15, 0.2) is 46.9 Å². The van der Waals surface area contributed by atoms with Crippen LogP contribution in [0.1, 0.15) is 15.2 Å².